The van der Waals surface area contributed by atoms with Crippen molar-refractivity contribution in [1.82, 2.24) is 14.9 Å². The highest BCUT2D eigenvalue weighted by molar-refractivity contribution is 5.12. The van der Waals surface area contributed by atoms with Gasteiger partial charge in [-0.1, -0.05) is 0 Å². The lowest BCUT2D eigenvalue weighted by atomic mass is 9.94. The van der Waals surface area contributed by atoms with Crippen LogP contribution < -0.4 is 11.1 Å². The highest BCUT2D eigenvalue weighted by Gasteiger charge is 2.22. The van der Waals surface area contributed by atoms with Gasteiger partial charge in [0.05, 0.1) is 11.9 Å². The standard InChI is InChI=1S/C13H22N4/c14-11-2-1-7-17-12(11)9-16-13(17)8-10-3-5-15-6-4-10/h9-11,15H,1-8,14H2. The number of hydrogen-bond acceptors (Lipinski definition) is 3. The van der Waals surface area contributed by atoms with Gasteiger partial charge in [0.15, 0.2) is 0 Å². The number of fused-ring (bicyclic) bond motifs is 1. The Morgan fingerprint density at radius 1 is 1.35 bits per heavy atom. The fourth-order valence-corrected chi connectivity index (χ4v) is 3.11. The first kappa shape index (κ1) is 11.2. The Balaban J connectivity index is 1.74. The molecule has 1 atom stereocenters. The number of nitrogens with two attached hydrogens (primary N) is 1. The largest absolute Gasteiger partial charge is 0.331 e. The normalized spacial score (nSPS) is 25.8. The highest BCUT2D eigenvalue weighted by atomic mass is 15.1. The van der Waals surface area contributed by atoms with Crippen LogP contribution >= 0.6 is 0 Å². The molecular formula is C13H22N4. The first-order valence-corrected chi connectivity index (χ1v) is 6.85. The van der Waals surface area contributed by atoms with Gasteiger partial charge in [-0.3, -0.25) is 0 Å². The maximum Gasteiger partial charge on any atom is 0.109 e. The summed E-state index contributed by atoms with van der Waals surface area (Å²) in [5.41, 5.74) is 7.37. The van der Waals surface area contributed by atoms with Crippen molar-refractivity contribution in [2.24, 2.45) is 11.7 Å². The van der Waals surface area contributed by atoms with Crippen LogP contribution in [0.15, 0.2) is 6.20 Å². The van der Waals surface area contributed by atoms with E-state index in [2.05, 4.69) is 14.9 Å². The number of nitrogens with zero attached hydrogens (tertiary/aromatic N) is 2. The zero-order chi connectivity index (χ0) is 11.7. The number of hydrogen-bond donors (Lipinski definition) is 2. The predicted molar refractivity (Wildman–Crippen MR) is 67.7 cm³/mol. The van der Waals surface area contributed by atoms with E-state index in [1.807, 2.05) is 6.20 Å². The average Bonchev–Trinajstić information content (AvgIpc) is 2.76. The first-order valence-electron chi connectivity index (χ1n) is 6.85. The van der Waals surface area contributed by atoms with E-state index >= 15 is 0 Å². The molecular weight excluding hydrogens is 212 g/mol. The van der Waals surface area contributed by atoms with E-state index in [-0.39, 0.29) is 6.04 Å². The fourth-order valence-electron chi connectivity index (χ4n) is 3.11. The second kappa shape index (κ2) is 4.78. The molecule has 1 unspecified atom stereocenters. The monoisotopic (exact) mass is 234 g/mol. The van der Waals surface area contributed by atoms with E-state index in [1.165, 1.54) is 30.8 Å². The molecule has 0 bridgehead atoms. The summed E-state index contributed by atoms with van der Waals surface area (Å²) in [6, 6.07) is 0.207. The lowest BCUT2D eigenvalue weighted by Gasteiger charge is -2.25. The quantitative estimate of drug-likeness (QED) is 0.809. The topological polar surface area (TPSA) is 55.9 Å². The molecule has 1 aromatic rings. The van der Waals surface area contributed by atoms with Crippen molar-refractivity contribution in [2.75, 3.05) is 13.1 Å². The van der Waals surface area contributed by atoms with Crippen molar-refractivity contribution in [3.05, 3.63) is 17.7 Å². The minimum absolute atomic E-state index is 0.207. The third kappa shape index (κ3) is 2.24. The zero-order valence-electron chi connectivity index (χ0n) is 10.4. The van der Waals surface area contributed by atoms with Gasteiger partial charge in [0.25, 0.3) is 0 Å². The van der Waals surface area contributed by atoms with Crippen LogP contribution in [0.1, 0.15) is 43.2 Å². The third-order valence-corrected chi connectivity index (χ3v) is 4.18. The summed E-state index contributed by atoms with van der Waals surface area (Å²) >= 11 is 0. The molecule has 0 aromatic carbocycles. The van der Waals surface area contributed by atoms with Crippen molar-refractivity contribution in [2.45, 2.75) is 44.7 Å². The molecule has 2 aliphatic heterocycles. The van der Waals surface area contributed by atoms with Crippen LogP contribution in [0.4, 0.5) is 0 Å². The molecule has 4 heteroatoms. The first-order chi connectivity index (χ1) is 8.34. The molecule has 94 valence electrons. The third-order valence-electron chi connectivity index (χ3n) is 4.18. The predicted octanol–water partition coefficient (Wildman–Crippen LogP) is 1.22. The van der Waals surface area contributed by atoms with Gasteiger partial charge in [-0.05, 0) is 44.7 Å². The molecule has 4 nitrogen and oxygen atoms in total. The van der Waals surface area contributed by atoms with Gasteiger partial charge in [0.2, 0.25) is 0 Å². The van der Waals surface area contributed by atoms with Gasteiger partial charge >= 0.3 is 0 Å². The summed E-state index contributed by atoms with van der Waals surface area (Å²) in [7, 11) is 0. The SMILES string of the molecule is NC1CCCn2c1cnc2CC1CCNCC1. The Bertz CT molecular complexity index is 379. The number of imidazole rings is 1. The van der Waals surface area contributed by atoms with E-state index in [1.54, 1.807) is 0 Å². The van der Waals surface area contributed by atoms with Crippen LogP contribution in [0.5, 0.6) is 0 Å². The van der Waals surface area contributed by atoms with Gasteiger partial charge in [-0.2, -0.15) is 0 Å². The zero-order valence-corrected chi connectivity index (χ0v) is 10.4. The lowest BCUT2D eigenvalue weighted by Crippen LogP contribution is -2.30. The summed E-state index contributed by atoms with van der Waals surface area (Å²) < 4.78 is 2.37. The Kier molecular flexibility index (Phi) is 3.16. The van der Waals surface area contributed by atoms with Crippen molar-refractivity contribution in [3.63, 3.8) is 0 Å². The molecule has 0 saturated carbocycles. The summed E-state index contributed by atoms with van der Waals surface area (Å²) in [4.78, 5) is 4.60. The van der Waals surface area contributed by atoms with E-state index in [0.29, 0.717) is 0 Å². The lowest BCUT2D eigenvalue weighted by molar-refractivity contribution is 0.356. The molecule has 1 aromatic heterocycles. The number of piperidine rings is 1. The van der Waals surface area contributed by atoms with Gasteiger partial charge in [0, 0.05) is 19.0 Å². The second-order valence-corrected chi connectivity index (χ2v) is 5.40. The molecule has 3 heterocycles. The second-order valence-electron chi connectivity index (χ2n) is 5.40. The Labute approximate surface area is 103 Å². The summed E-state index contributed by atoms with van der Waals surface area (Å²) in [5, 5.41) is 3.42. The van der Waals surface area contributed by atoms with Crippen LogP contribution in [0, 0.1) is 5.92 Å². The van der Waals surface area contributed by atoms with Crippen LogP contribution in [0.2, 0.25) is 0 Å². The van der Waals surface area contributed by atoms with Gasteiger partial charge in [0.1, 0.15) is 5.82 Å². The minimum atomic E-state index is 0.207. The molecule has 0 radical (unpaired) electrons. The van der Waals surface area contributed by atoms with E-state index in [9.17, 15) is 0 Å². The highest BCUT2D eigenvalue weighted by Crippen LogP contribution is 2.26. The van der Waals surface area contributed by atoms with Crippen LogP contribution in [0.25, 0.3) is 0 Å². The summed E-state index contributed by atoms with van der Waals surface area (Å²) in [5.74, 6) is 2.07. The van der Waals surface area contributed by atoms with Crippen LogP contribution in [-0.4, -0.2) is 22.6 Å². The molecule has 0 spiro atoms. The molecule has 0 amide bonds. The van der Waals surface area contributed by atoms with E-state index in [0.717, 1.165) is 38.4 Å². The fraction of sp³-hybridized carbons (Fsp3) is 0.769. The maximum absolute atomic E-state index is 6.12. The molecule has 1 saturated heterocycles. The average molecular weight is 234 g/mol. The Morgan fingerprint density at radius 3 is 3.00 bits per heavy atom. The van der Waals surface area contributed by atoms with Crippen molar-refractivity contribution in [3.8, 4) is 0 Å². The number of nitrogens with one attached hydrogen (secondary N) is 1. The van der Waals surface area contributed by atoms with Crippen LogP contribution in [0.3, 0.4) is 0 Å². The molecule has 0 aliphatic carbocycles. The molecule has 3 N–H and O–H groups in total. The van der Waals surface area contributed by atoms with Crippen molar-refractivity contribution < 1.29 is 0 Å². The van der Waals surface area contributed by atoms with Gasteiger partial charge in [-0.25, -0.2) is 4.98 Å². The summed E-state index contributed by atoms with van der Waals surface area (Å²) in [6.07, 6.45) is 8.01. The number of aromatic nitrogens is 2. The molecule has 17 heavy (non-hydrogen) atoms. The van der Waals surface area contributed by atoms with Gasteiger partial charge < -0.3 is 15.6 Å². The van der Waals surface area contributed by atoms with Gasteiger partial charge in [-0.15, -0.1) is 0 Å². The Hall–Kier alpha value is -0.870. The molecule has 3 rings (SSSR count). The van der Waals surface area contributed by atoms with E-state index in [4.69, 9.17) is 5.73 Å². The number of rotatable bonds is 2. The molecule has 1 fully saturated rings. The molecule has 2 aliphatic rings. The van der Waals surface area contributed by atoms with Crippen molar-refractivity contribution in [1.29, 1.82) is 0 Å². The van der Waals surface area contributed by atoms with Crippen molar-refractivity contribution >= 4 is 0 Å². The van der Waals surface area contributed by atoms with Crippen LogP contribution in [-0.2, 0) is 13.0 Å². The van der Waals surface area contributed by atoms with E-state index < -0.39 is 0 Å². The Morgan fingerprint density at radius 2 is 2.18 bits per heavy atom. The smallest absolute Gasteiger partial charge is 0.109 e. The maximum atomic E-state index is 6.12. The minimum Gasteiger partial charge on any atom is -0.331 e. The summed E-state index contributed by atoms with van der Waals surface area (Å²) in [6.45, 7) is 3.44.